The van der Waals surface area contributed by atoms with E-state index in [1.54, 1.807) is 24.5 Å². The molecule has 0 atom stereocenters. The van der Waals surface area contributed by atoms with Crippen LogP contribution in [0.3, 0.4) is 0 Å². The third-order valence-electron chi connectivity index (χ3n) is 2.95. The van der Waals surface area contributed by atoms with Crippen LogP contribution in [-0.2, 0) is 0 Å². The minimum absolute atomic E-state index is 0.266. The summed E-state index contributed by atoms with van der Waals surface area (Å²) in [7, 11) is 0. The first kappa shape index (κ1) is 11.5. The van der Waals surface area contributed by atoms with Gasteiger partial charge in [0.25, 0.3) is 0 Å². The maximum absolute atomic E-state index is 13.0. The van der Waals surface area contributed by atoms with E-state index in [0.717, 1.165) is 11.1 Å². The molecule has 3 aromatic rings. The number of benzene rings is 1. The predicted molar refractivity (Wildman–Crippen MR) is 68.7 cm³/mol. The van der Waals surface area contributed by atoms with E-state index in [1.165, 1.54) is 12.1 Å². The molecule has 0 spiro atoms. The molecule has 0 radical (unpaired) electrons. The van der Waals surface area contributed by atoms with Crippen LogP contribution >= 0.6 is 0 Å². The first-order valence-corrected chi connectivity index (χ1v) is 5.72. The topological polar surface area (TPSA) is 65.2 Å². The quantitative estimate of drug-likeness (QED) is 0.762. The number of nitrogen functional groups attached to an aromatic ring is 1. The average Bonchev–Trinajstić information content (AvgIpc) is 2.97. The van der Waals surface area contributed by atoms with Gasteiger partial charge < -0.3 is 14.7 Å². The Morgan fingerprint density at radius 3 is 2.53 bits per heavy atom. The minimum Gasteiger partial charge on any atom is -0.469 e. The molecular formula is C14H11FN2O2. The van der Waals surface area contributed by atoms with Crippen molar-refractivity contribution in [1.82, 2.24) is 5.16 Å². The van der Waals surface area contributed by atoms with Crippen molar-refractivity contribution in [3.05, 3.63) is 48.2 Å². The number of nitrogens with two attached hydrogens (primary N) is 1. The van der Waals surface area contributed by atoms with Gasteiger partial charge in [-0.1, -0.05) is 17.3 Å². The van der Waals surface area contributed by atoms with Crippen LogP contribution in [0.15, 0.2) is 45.5 Å². The number of aryl methyl sites for hydroxylation is 1. The Bertz CT molecular complexity index is 713. The number of halogens is 1. The van der Waals surface area contributed by atoms with E-state index in [1.807, 2.05) is 6.92 Å². The van der Waals surface area contributed by atoms with E-state index >= 15 is 0 Å². The van der Waals surface area contributed by atoms with Gasteiger partial charge in [0.2, 0.25) is 0 Å². The summed E-state index contributed by atoms with van der Waals surface area (Å²) < 4.78 is 23.5. The zero-order valence-electron chi connectivity index (χ0n) is 10.2. The van der Waals surface area contributed by atoms with Crippen molar-refractivity contribution >= 4 is 5.82 Å². The molecule has 0 saturated carbocycles. The van der Waals surface area contributed by atoms with E-state index in [-0.39, 0.29) is 11.6 Å². The molecule has 0 bridgehead atoms. The molecule has 0 amide bonds. The lowest BCUT2D eigenvalue weighted by atomic mass is 10.0. The van der Waals surface area contributed by atoms with Gasteiger partial charge in [0, 0.05) is 0 Å². The number of anilines is 1. The summed E-state index contributed by atoms with van der Waals surface area (Å²) in [5, 5.41) is 3.78. The highest BCUT2D eigenvalue weighted by molar-refractivity contribution is 5.86. The smallest absolute Gasteiger partial charge is 0.180 e. The van der Waals surface area contributed by atoms with Gasteiger partial charge in [0.15, 0.2) is 11.6 Å². The molecular weight excluding hydrogens is 247 g/mol. The van der Waals surface area contributed by atoms with E-state index in [4.69, 9.17) is 14.7 Å². The van der Waals surface area contributed by atoms with Gasteiger partial charge in [0.1, 0.15) is 11.6 Å². The molecule has 0 unspecified atom stereocenters. The molecule has 0 aliphatic heterocycles. The van der Waals surface area contributed by atoms with E-state index in [2.05, 4.69) is 5.16 Å². The number of furan rings is 1. The van der Waals surface area contributed by atoms with E-state index in [0.29, 0.717) is 17.1 Å². The fourth-order valence-corrected chi connectivity index (χ4v) is 2.00. The van der Waals surface area contributed by atoms with Crippen molar-refractivity contribution in [3.63, 3.8) is 0 Å². The molecule has 1 aromatic carbocycles. The van der Waals surface area contributed by atoms with Crippen LogP contribution in [0.4, 0.5) is 10.2 Å². The largest absolute Gasteiger partial charge is 0.469 e. The molecule has 5 heteroatoms. The molecule has 2 N–H and O–H groups in total. The Hall–Kier alpha value is -2.56. The summed E-state index contributed by atoms with van der Waals surface area (Å²) in [5.41, 5.74) is 8.01. The number of hydrogen-bond donors (Lipinski definition) is 1. The highest BCUT2D eigenvalue weighted by Crippen LogP contribution is 2.38. The molecule has 19 heavy (non-hydrogen) atoms. The van der Waals surface area contributed by atoms with Crippen molar-refractivity contribution in [2.24, 2.45) is 0 Å². The molecule has 0 aliphatic rings. The Labute approximate surface area is 108 Å². The van der Waals surface area contributed by atoms with Crippen LogP contribution in [0, 0.1) is 12.7 Å². The SMILES string of the molecule is Cc1occc1-c1onc(N)c1-c1ccc(F)cc1. The summed E-state index contributed by atoms with van der Waals surface area (Å²) in [5.74, 6) is 1.19. The third kappa shape index (κ3) is 1.89. The van der Waals surface area contributed by atoms with Gasteiger partial charge in [-0.2, -0.15) is 0 Å². The van der Waals surface area contributed by atoms with Gasteiger partial charge in [-0.3, -0.25) is 0 Å². The minimum atomic E-state index is -0.306. The molecule has 2 aromatic heterocycles. The fourth-order valence-electron chi connectivity index (χ4n) is 2.00. The monoisotopic (exact) mass is 258 g/mol. The van der Waals surface area contributed by atoms with Crippen LogP contribution in [0.5, 0.6) is 0 Å². The highest BCUT2D eigenvalue weighted by atomic mass is 19.1. The molecule has 2 heterocycles. The second kappa shape index (κ2) is 4.28. The lowest BCUT2D eigenvalue weighted by Gasteiger charge is -2.01. The van der Waals surface area contributed by atoms with E-state index in [9.17, 15) is 4.39 Å². The average molecular weight is 258 g/mol. The van der Waals surface area contributed by atoms with Crippen molar-refractivity contribution in [2.45, 2.75) is 6.92 Å². The number of nitrogens with zero attached hydrogens (tertiary/aromatic N) is 1. The number of rotatable bonds is 2. The Balaban J connectivity index is 2.19. The van der Waals surface area contributed by atoms with Crippen LogP contribution in [0.1, 0.15) is 5.76 Å². The Kier molecular flexibility index (Phi) is 2.59. The van der Waals surface area contributed by atoms with Crippen LogP contribution < -0.4 is 5.73 Å². The second-order valence-corrected chi connectivity index (χ2v) is 4.17. The maximum atomic E-state index is 13.0. The van der Waals surface area contributed by atoms with Crippen LogP contribution in [0.25, 0.3) is 22.5 Å². The van der Waals surface area contributed by atoms with Gasteiger partial charge in [-0.25, -0.2) is 4.39 Å². The number of hydrogen-bond acceptors (Lipinski definition) is 4. The first-order valence-electron chi connectivity index (χ1n) is 5.72. The summed E-state index contributed by atoms with van der Waals surface area (Å²) in [6.07, 6.45) is 1.57. The Morgan fingerprint density at radius 1 is 1.16 bits per heavy atom. The van der Waals surface area contributed by atoms with Gasteiger partial charge in [-0.05, 0) is 30.7 Å². The lowest BCUT2D eigenvalue weighted by molar-refractivity contribution is 0.434. The van der Waals surface area contributed by atoms with Gasteiger partial charge in [-0.15, -0.1) is 0 Å². The second-order valence-electron chi connectivity index (χ2n) is 4.17. The van der Waals surface area contributed by atoms with Crippen molar-refractivity contribution in [2.75, 3.05) is 5.73 Å². The van der Waals surface area contributed by atoms with Crippen molar-refractivity contribution in [3.8, 4) is 22.5 Å². The molecule has 3 rings (SSSR count). The molecule has 0 aliphatic carbocycles. The highest BCUT2D eigenvalue weighted by Gasteiger charge is 2.20. The zero-order chi connectivity index (χ0) is 13.4. The lowest BCUT2D eigenvalue weighted by Crippen LogP contribution is -1.89. The normalized spacial score (nSPS) is 10.8. The summed E-state index contributed by atoms with van der Waals surface area (Å²) >= 11 is 0. The molecule has 0 saturated heterocycles. The molecule has 96 valence electrons. The predicted octanol–water partition coefficient (Wildman–Crippen LogP) is 3.63. The van der Waals surface area contributed by atoms with E-state index < -0.39 is 0 Å². The van der Waals surface area contributed by atoms with Crippen molar-refractivity contribution in [1.29, 1.82) is 0 Å². The van der Waals surface area contributed by atoms with Gasteiger partial charge >= 0.3 is 0 Å². The summed E-state index contributed by atoms with van der Waals surface area (Å²) in [4.78, 5) is 0. The fraction of sp³-hybridized carbons (Fsp3) is 0.0714. The first-order chi connectivity index (χ1) is 9.16. The third-order valence-corrected chi connectivity index (χ3v) is 2.95. The van der Waals surface area contributed by atoms with Crippen molar-refractivity contribution < 1.29 is 13.3 Å². The number of aromatic nitrogens is 1. The van der Waals surface area contributed by atoms with Gasteiger partial charge in [0.05, 0.1) is 17.4 Å². The summed E-state index contributed by atoms with van der Waals surface area (Å²) in [6, 6.07) is 7.79. The summed E-state index contributed by atoms with van der Waals surface area (Å²) in [6.45, 7) is 1.82. The van der Waals surface area contributed by atoms with Crippen LogP contribution in [0.2, 0.25) is 0 Å². The Morgan fingerprint density at radius 2 is 1.89 bits per heavy atom. The maximum Gasteiger partial charge on any atom is 0.180 e. The standard InChI is InChI=1S/C14H11FN2O2/c1-8-11(6-7-18-8)13-12(14(16)17-19-13)9-2-4-10(15)5-3-9/h2-7H,1H3,(H2,16,17). The van der Waals surface area contributed by atoms with Crippen LogP contribution in [-0.4, -0.2) is 5.16 Å². The zero-order valence-corrected chi connectivity index (χ0v) is 10.2. The molecule has 0 fully saturated rings. The molecule has 4 nitrogen and oxygen atoms in total.